The molecule has 21 heavy (non-hydrogen) atoms. The number of hydrogen-bond donors (Lipinski definition) is 2. The van der Waals surface area contributed by atoms with Crippen molar-refractivity contribution in [2.24, 2.45) is 7.05 Å². The number of aryl methyl sites for hydroxylation is 2. The quantitative estimate of drug-likeness (QED) is 0.664. The third-order valence-corrected chi connectivity index (χ3v) is 3.60. The smallest absolute Gasteiger partial charge is 0.340 e. The number of carbonyl (C=O) groups excluding carboxylic acids is 1. The molecule has 3 N–H and O–H groups in total. The van der Waals surface area contributed by atoms with Crippen molar-refractivity contribution in [1.82, 2.24) is 9.78 Å². The topological polar surface area (TPSA) is 82.2 Å². The molecule has 0 radical (unpaired) electrons. The predicted molar refractivity (Wildman–Crippen MR) is 82.2 cm³/mol. The summed E-state index contributed by atoms with van der Waals surface area (Å²) in [6.07, 6.45) is 0. The fourth-order valence-electron chi connectivity index (χ4n) is 2.30. The van der Waals surface area contributed by atoms with E-state index in [-0.39, 0.29) is 0 Å². The Labute approximate surface area is 123 Å². The van der Waals surface area contributed by atoms with Gasteiger partial charge in [-0.2, -0.15) is 5.10 Å². The van der Waals surface area contributed by atoms with Crippen molar-refractivity contribution in [2.75, 3.05) is 18.2 Å². The normalized spacial score (nSPS) is 10.5. The summed E-state index contributed by atoms with van der Waals surface area (Å²) in [6, 6.07) is 5.17. The van der Waals surface area contributed by atoms with Crippen LogP contribution in [-0.4, -0.2) is 22.9 Å². The minimum absolute atomic E-state index is 0.413. The van der Waals surface area contributed by atoms with Crippen LogP contribution in [0.4, 0.5) is 11.4 Å². The van der Waals surface area contributed by atoms with Gasteiger partial charge in [-0.15, -0.1) is 0 Å². The summed E-state index contributed by atoms with van der Waals surface area (Å²) >= 11 is 0. The van der Waals surface area contributed by atoms with Gasteiger partial charge in [0.2, 0.25) is 0 Å². The van der Waals surface area contributed by atoms with E-state index in [2.05, 4.69) is 10.4 Å². The van der Waals surface area contributed by atoms with E-state index in [9.17, 15) is 4.79 Å². The second-order valence-corrected chi connectivity index (χ2v) is 4.89. The lowest BCUT2D eigenvalue weighted by atomic mass is 10.1. The van der Waals surface area contributed by atoms with Gasteiger partial charge in [0, 0.05) is 24.8 Å². The molecule has 6 nitrogen and oxygen atoms in total. The van der Waals surface area contributed by atoms with Gasteiger partial charge in [-0.25, -0.2) is 4.79 Å². The summed E-state index contributed by atoms with van der Waals surface area (Å²) in [5.74, 6) is -0.413. The second kappa shape index (κ2) is 5.87. The lowest BCUT2D eigenvalue weighted by Crippen LogP contribution is -2.11. The summed E-state index contributed by atoms with van der Waals surface area (Å²) in [5, 5.41) is 7.60. The number of anilines is 2. The Morgan fingerprint density at radius 1 is 1.43 bits per heavy atom. The molecular weight excluding hydrogens is 268 g/mol. The largest absolute Gasteiger partial charge is 0.465 e. The fraction of sp³-hybridized carbons (Fsp3) is 0.333. The minimum atomic E-state index is -0.413. The highest BCUT2D eigenvalue weighted by Gasteiger charge is 2.15. The van der Waals surface area contributed by atoms with Crippen LogP contribution >= 0.6 is 0 Å². The molecule has 0 fully saturated rings. The number of para-hydroxylation sites is 1. The van der Waals surface area contributed by atoms with E-state index in [1.165, 1.54) is 7.11 Å². The second-order valence-electron chi connectivity index (χ2n) is 4.89. The Morgan fingerprint density at radius 2 is 2.14 bits per heavy atom. The van der Waals surface area contributed by atoms with Crippen LogP contribution in [-0.2, 0) is 18.3 Å². The van der Waals surface area contributed by atoms with Gasteiger partial charge in [0.15, 0.2) is 0 Å². The molecule has 0 saturated heterocycles. The third-order valence-electron chi connectivity index (χ3n) is 3.60. The number of nitrogens with one attached hydrogen (secondary N) is 1. The Balaban J connectivity index is 2.30. The van der Waals surface area contributed by atoms with Gasteiger partial charge in [-0.1, -0.05) is 6.07 Å². The first-order valence-corrected chi connectivity index (χ1v) is 6.65. The lowest BCUT2D eigenvalue weighted by molar-refractivity contribution is 0.0602. The molecule has 0 aliphatic heterocycles. The highest BCUT2D eigenvalue weighted by atomic mass is 16.5. The lowest BCUT2D eigenvalue weighted by Gasteiger charge is -2.13. The molecule has 1 aromatic heterocycles. The number of hydrogen-bond acceptors (Lipinski definition) is 5. The molecule has 1 heterocycles. The van der Waals surface area contributed by atoms with Crippen LogP contribution < -0.4 is 11.1 Å². The average molecular weight is 288 g/mol. The summed E-state index contributed by atoms with van der Waals surface area (Å²) in [5.41, 5.74) is 10.6. The van der Waals surface area contributed by atoms with Crippen molar-refractivity contribution < 1.29 is 9.53 Å². The zero-order valence-electron chi connectivity index (χ0n) is 12.7. The highest BCUT2D eigenvalue weighted by Crippen LogP contribution is 2.25. The molecule has 0 unspecified atom stereocenters. The SMILES string of the molecule is COC(=O)c1cccc(N)c1NCc1c(C)nn(C)c1C. The molecule has 0 atom stereocenters. The first-order valence-electron chi connectivity index (χ1n) is 6.65. The molecule has 112 valence electrons. The third kappa shape index (κ3) is 2.84. The van der Waals surface area contributed by atoms with E-state index in [1.54, 1.807) is 18.2 Å². The molecular formula is C15H20N4O2. The van der Waals surface area contributed by atoms with E-state index < -0.39 is 5.97 Å². The van der Waals surface area contributed by atoms with Crippen LogP contribution in [0.5, 0.6) is 0 Å². The Bertz CT molecular complexity index is 677. The number of ether oxygens (including phenoxy) is 1. The van der Waals surface area contributed by atoms with Crippen LogP contribution in [0.3, 0.4) is 0 Å². The molecule has 0 aliphatic carbocycles. The van der Waals surface area contributed by atoms with E-state index in [0.717, 1.165) is 17.0 Å². The Morgan fingerprint density at radius 3 is 2.71 bits per heavy atom. The van der Waals surface area contributed by atoms with E-state index >= 15 is 0 Å². The number of methoxy groups -OCH3 is 1. The Hall–Kier alpha value is -2.50. The zero-order valence-corrected chi connectivity index (χ0v) is 12.7. The highest BCUT2D eigenvalue weighted by molar-refractivity contribution is 5.98. The monoisotopic (exact) mass is 288 g/mol. The van der Waals surface area contributed by atoms with E-state index in [4.69, 9.17) is 10.5 Å². The molecule has 0 amide bonds. The van der Waals surface area contributed by atoms with Gasteiger partial charge in [-0.3, -0.25) is 4.68 Å². The Kier molecular flexibility index (Phi) is 4.16. The summed E-state index contributed by atoms with van der Waals surface area (Å²) < 4.78 is 6.62. The van der Waals surface area contributed by atoms with Gasteiger partial charge >= 0.3 is 5.97 Å². The predicted octanol–water partition coefficient (Wildman–Crippen LogP) is 2.02. The maximum atomic E-state index is 11.8. The maximum Gasteiger partial charge on any atom is 0.340 e. The van der Waals surface area contributed by atoms with Gasteiger partial charge in [0.1, 0.15) is 0 Å². The number of nitrogen functional groups attached to an aromatic ring is 1. The van der Waals surface area contributed by atoms with Gasteiger partial charge < -0.3 is 15.8 Å². The summed E-state index contributed by atoms with van der Waals surface area (Å²) in [4.78, 5) is 11.8. The number of benzene rings is 1. The molecule has 0 spiro atoms. The number of nitrogens with zero attached hydrogens (tertiary/aromatic N) is 2. The molecule has 2 rings (SSSR count). The number of nitrogens with two attached hydrogens (primary N) is 1. The molecule has 1 aromatic carbocycles. The molecule has 6 heteroatoms. The van der Waals surface area contributed by atoms with E-state index in [1.807, 2.05) is 25.6 Å². The number of rotatable bonds is 4. The van der Waals surface area contributed by atoms with Crippen molar-refractivity contribution in [3.05, 3.63) is 40.7 Å². The van der Waals surface area contributed by atoms with Crippen LogP contribution in [0.15, 0.2) is 18.2 Å². The van der Waals surface area contributed by atoms with Crippen molar-refractivity contribution in [3.8, 4) is 0 Å². The van der Waals surface area contributed by atoms with Crippen LogP contribution in [0.2, 0.25) is 0 Å². The van der Waals surface area contributed by atoms with Gasteiger partial charge in [-0.05, 0) is 26.0 Å². The van der Waals surface area contributed by atoms with Crippen LogP contribution in [0.1, 0.15) is 27.3 Å². The average Bonchev–Trinajstić information content (AvgIpc) is 2.70. The molecule has 0 saturated carbocycles. The van der Waals surface area contributed by atoms with Crippen LogP contribution in [0, 0.1) is 13.8 Å². The number of esters is 1. The van der Waals surface area contributed by atoms with Crippen LogP contribution in [0.25, 0.3) is 0 Å². The van der Waals surface area contributed by atoms with Gasteiger partial charge in [0.05, 0.1) is 29.7 Å². The van der Waals surface area contributed by atoms with Crippen molar-refractivity contribution in [1.29, 1.82) is 0 Å². The van der Waals surface area contributed by atoms with Gasteiger partial charge in [0.25, 0.3) is 0 Å². The molecule has 0 aliphatic rings. The first kappa shape index (κ1) is 14.9. The first-order chi connectivity index (χ1) is 9.95. The fourth-order valence-corrected chi connectivity index (χ4v) is 2.30. The summed E-state index contributed by atoms with van der Waals surface area (Å²) in [6.45, 7) is 4.51. The van der Waals surface area contributed by atoms with Crippen molar-refractivity contribution >= 4 is 17.3 Å². The molecule has 2 aromatic rings. The molecule has 0 bridgehead atoms. The summed E-state index contributed by atoms with van der Waals surface area (Å²) in [7, 11) is 3.26. The van der Waals surface area contributed by atoms with Crippen molar-refractivity contribution in [2.45, 2.75) is 20.4 Å². The zero-order chi connectivity index (χ0) is 15.6. The van der Waals surface area contributed by atoms with E-state index in [0.29, 0.717) is 23.5 Å². The minimum Gasteiger partial charge on any atom is -0.465 e. The number of aromatic nitrogens is 2. The standard InChI is InChI=1S/C15H20N4O2/c1-9-12(10(2)19(3)18-9)8-17-14-11(15(20)21-4)6-5-7-13(14)16/h5-7,17H,8,16H2,1-4H3. The maximum absolute atomic E-state index is 11.8. The van der Waals surface area contributed by atoms with Crippen molar-refractivity contribution in [3.63, 3.8) is 0 Å². The number of carbonyl (C=O) groups is 1.